The number of halogens is 1. The molecule has 6 nitrogen and oxygen atoms in total. The molecule has 0 unspecified atom stereocenters. The first-order valence-corrected chi connectivity index (χ1v) is 12.3. The molecule has 0 aromatic heterocycles. The highest BCUT2D eigenvalue weighted by Gasteiger charge is 2.56. The highest BCUT2D eigenvalue weighted by atomic mass is 35.5. The fraction of sp³-hybridized carbons (Fsp3) is 0.444. The van der Waals surface area contributed by atoms with Crippen LogP contribution in [0.5, 0.6) is 5.75 Å². The summed E-state index contributed by atoms with van der Waals surface area (Å²) in [6, 6.07) is 13.0. The standard InChI is InChI=1S/C27H28ClN3O3/c1-29-24-7-6-22(16-23(24)28)34-27-12-10-26(18-27,11-13-27)30-25(33)20-2-4-21(5-3-20)31-14-8-19(17-32)9-15-31/h2-7,16-17,19H,8-15,18H2,(H,30,33). The minimum Gasteiger partial charge on any atom is -0.487 e. The van der Waals surface area contributed by atoms with Crippen LogP contribution < -0.4 is 15.0 Å². The van der Waals surface area contributed by atoms with Crippen LogP contribution in [0, 0.1) is 12.5 Å². The second-order valence-corrected chi connectivity index (χ2v) is 10.3. The van der Waals surface area contributed by atoms with Crippen LogP contribution in [0.25, 0.3) is 4.85 Å². The minimum atomic E-state index is -0.298. The molecule has 176 valence electrons. The molecule has 1 heterocycles. The van der Waals surface area contributed by atoms with Crippen molar-refractivity contribution in [1.82, 2.24) is 5.32 Å². The Morgan fingerprint density at radius 2 is 1.82 bits per heavy atom. The Bertz CT molecular complexity index is 1120. The van der Waals surface area contributed by atoms with Crippen LogP contribution in [0.2, 0.25) is 5.02 Å². The van der Waals surface area contributed by atoms with Crippen LogP contribution in [-0.2, 0) is 4.79 Å². The summed E-state index contributed by atoms with van der Waals surface area (Å²) in [5, 5.41) is 3.71. The first-order chi connectivity index (χ1) is 16.4. The van der Waals surface area contributed by atoms with Gasteiger partial charge in [0.15, 0.2) is 0 Å². The number of rotatable bonds is 6. The van der Waals surface area contributed by atoms with Crippen molar-refractivity contribution >= 4 is 35.2 Å². The number of hydrogen-bond donors (Lipinski definition) is 1. The molecule has 2 saturated carbocycles. The van der Waals surface area contributed by atoms with Gasteiger partial charge in [-0.05, 0) is 74.9 Å². The zero-order valence-corrected chi connectivity index (χ0v) is 19.8. The van der Waals surface area contributed by atoms with E-state index in [0.717, 1.165) is 70.0 Å². The third-order valence-corrected chi connectivity index (χ3v) is 8.06. The molecule has 5 rings (SSSR count). The summed E-state index contributed by atoms with van der Waals surface area (Å²) < 4.78 is 6.38. The van der Waals surface area contributed by atoms with Crippen LogP contribution in [0.3, 0.4) is 0 Å². The number of nitrogens with zero attached hydrogens (tertiary/aromatic N) is 2. The molecule has 0 radical (unpaired) electrons. The van der Waals surface area contributed by atoms with Gasteiger partial charge in [0, 0.05) is 42.2 Å². The molecule has 0 atom stereocenters. The number of ether oxygens (including phenoxy) is 1. The number of aldehydes is 1. The Morgan fingerprint density at radius 3 is 2.44 bits per heavy atom. The second kappa shape index (κ2) is 8.96. The Kier molecular flexibility index (Phi) is 5.99. The lowest BCUT2D eigenvalue weighted by atomic mass is 9.92. The van der Waals surface area contributed by atoms with E-state index in [0.29, 0.717) is 22.0 Å². The first kappa shape index (κ1) is 22.7. The van der Waals surface area contributed by atoms with Gasteiger partial charge in [-0.25, -0.2) is 4.85 Å². The number of amides is 1. The maximum Gasteiger partial charge on any atom is 0.251 e. The van der Waals surface area contributed by atoms with Crippen molar-refractivity contribution in [3.05, 3.63) is 64.5 Å². The largest absolute Gasteiger partial charge is 0.487 e. The van der Waals surface area contributed by atoms with Gasteiger partial charge in [-0.1, -0.05) is 17.7 Å². The Labute approximate surface area is 205 Å². The normalized spacial score (nSPS) is 26.2. The summed E-state index contributed by atoms with van der Waals surface area (Å²) in [6.07, 6.45) is 7.14. The fourth-order valence-electron chi connectivity index (χ4n) is 5.78. The summed E-state index contributed by atoms with van der Waals surface area (Å²) in [5.74, 6) is 0.798. The summed E-state index contributed by atoms with van der Waals surface area (Å²) in [5.41, 5.74) is 1.63. The van der Waals surface area contributed by atoms with Crippen molar-refractivity contribution in [1.29, 1.82) is 0 Å². The highest BCUT2D eigenvalue weighted by Crippen LogP contribution is 2.53. The number of nitrogens with one attached hydrogen (secondary N) is 1. The fourth-order valence-corrected chi connectivity index (χ4v) is 6.00. The molecule has 1 saturated heterocycles. The predicted octanol–water partition coefficient (Wildman–Crippen LogP) is 5.57. The molecular formula is C27H28ClN3O3. The molecule has 34 heavy (non-hydrogen) atoms. The lowest BCUT2D eigenvalue weighted by molar-refractivity contribution is -0.111. The van der Waals surface area contributed by atoms with E-state index in [1.807, 2.05) is 24.3 Å². The van der Waals surface area contributed by atoms with Crippen LogP contribution in [0.4, 0.5) is 11.4 Å². The van der Waals surface area contributed by atoms with Crippen LogP contribution in [0.1, 0.15) is 55.3 Å². The van der Waals surface area contributed by atoms with Crippen molar-refractivity contribution in [3.8, 4) is 5.75 Å². The van der Waals surface area contributed by atoms with E-state index in [1.54, 1.807) is 18.2 Å². The number of carbonyl (C=O) groups is 2. The summed E-state index contributed by atoms with van der Waals surface area (Å²) >= 11 is 6.18. The van der Waals surface area contributed by atoms with E-state index < -0.39 is 0 Å². The van der Waals surface area contributed by atoms with Gasteiger partial charge < -0.3 is 19.7 Å². The van der Waals surface area contributed by atoms with Crippen molar-refractivity contribution in [3.63, 3.8) is 0 Å². The maximum absolute atomic E-state index is 13.1. The molecule has 1 N–H and O–H groups in total. The third kappa shape index (κ3) is 4.37. The van der Waals surface area contributed by atoms with Gasteiger partial charge >= 0.3 is 0 Å². The maximum atomic E-state index is 13.1. The summed E-state index contributed by atoms with van der Waals surface area (Å²) in [7, 11) is 0. The van der Waals surface area contributed by atoms with E-state index >= 15 is 0 Å². The van der Waals surface area contributed by atoms with Crippen molar-refractivity contribution < 1.29 is 14.3 Å². The predicted molar refractivity (Wildman–Crippen MR) is 132 cm³/mol. The molecule has 2 aliphatic carbocycles. The average Bonchev–Trinajstić information content (AvgIpc) is 3.39. The molecule has 2 aromatic rings. The summed E-state index contributed by atoms with van der Waals surface area (Å²) in [6.45, 7) is 8.88. The molecular weight excluding hydrogens is 450 g/mol. The van der Waals surface area contributed by atoms with Crippen molar-refractivity contribution in [2.24, 2.45) is 5.92 Å². The molecule has 2 bridgehead atoms. The molecule has 1 aliphatic heterocycles. The van der Waals surface area contributed by atoms with Gasteiger partial charge in [-0.2, -0.15) is 0 Å². The average molecular weight is 478 g/mol. The van der Waals surface area contributed by atoms with Gasteiger partial charge in [0.05, 0.1) is 11.6 Å². The van der Waals surface area contributed by atoms with Gasteiger partial charge in [0.25, 0.3) is 5.91 Å². The van der Waals surface area contributed by atoms with E-state index in [4.69, 9.17) is 22.9 Å². The minimum absolute atomic E-state index is 0.0478. The molecule has 0 spiro atoms. The van der Waals surface area contributed by atoms with E-state index in [9.17, 15) is 9.59 Å². The zero-order chi connectivity index (χ0) is 23.8. The van der Waals surface area contributed by atoms with E-state index in [-0.39, 0.29) is 23.0 Å². The molecule has 1 amide bonds. The number of anilines is 1. The molecule has 3 fully saturated rings. The summed E-state index contributed by atoms with van der Waals surface area (Å²) in [4.78, 5) is 29.7. The lowest BCUT2D eigenvalue weighted by Crippen LogP contribution is -2.45. The van der Waals surface area contributed by atoms with E-state index in [2.05, 4.69) is 15.1 Å². The quantitative estimate of drug-likeness (QED) is 0.436. The van der Waals surface area contributed by atoms with Gasteiger partial charge in [-0.3, -0.25) is 4.79 Å². The topological polar surface area (TPSA) is 63.0 Å². The van der Waals surface area contributed by atoms with Gasteiger partial charge in [0.2, 0.25) is 5.69 Å². The monoisotopic (exact) mass is 477 g/mol. The van der Waals surface area contributed by atoms with Gasteiger partial charge in [-0.15, -0.1) is 0 Å². The number of benzene rings is 2. The Hall–Kier alpha value is -3.04. The molecule has 7 heteroatoms. The van der Waals surface area contributed by atoms with Gasteiger partial charge in [0.1, 0.15) is 17.6 Å². The molecule has 2 aromatic carbocycles. The smallest absolute Gasteiger partial charge is 0.251 e. The molecule has 3 aliphatic rings. The number of fused-ring (bicyclic) bond motifs is 2. The number of piperidine rings is 1. The zero-order valence-electron chi connectivity index (χ0n) is 19.1. The second-order valence-electron chi connectivity index (χ2n) is 9.93. The van der Waals surface area contributed by atoms with Crippen molar-refractivity contribution in [2.45, 2.75) is 56.1 Å². The van der Waals surface area contributed by atoms with Crippen LogP contribution in [-0.4, -0.2) is 36.4 Å². The third-order valence-electron chi connectivity index (χ3n) is 7.76. The Balaban J connectivity index is 1.21. The lowest BCUT2D eigenvalue weighted by Gasteiger charge is -2.31. The Morgan fingerprint density at radius 1 is 1.12 bits per heavy atom. The SMILES string of the molecule is [C-]#[N+]c1ccc(OC23CCC(NC(=O)c4ccc(N5CCC(C=O)CC5)cc4)(CC2)C3)cc1Cl. The first-order valence-electron chi connectivity index (χ1n) is 11.9. The number of hydrogen-bond acceptors (Lipinski definition) is 4. The highest BCUT2D eigenvalue weighted by molar-refractivity contribution is 6.33. The van der Waals surface area contributed by atoms with Crippen LogP contribution in [0.15, 0.2) is 42.5 Å². The number of carbonyl (C=O) groups excluding carboxylic acids is 2. The van der Waals surface area contributed by atoms with Crippen molar-refractivity contribution in [2.75, 3.05) is 18.0 Å². The van der Waals surface area contributed by atoms with Crippen LogP contribution >= 0.6 is 11.6 Å². The van der Waals surface area contributed by atoms with E-state index in [1.165, 1.54) is 0 Å².